The van der Waals surface area contributed by atoms with Gasteiger partial charge in [0.1, 0.15) is 12.0 Å². The number of carbonyl (C=O) groups excluding carboxylic acids is 2. The van der Waals surface area contributed by atoms with Gasteiger partial charge in [0.2, 0.25) is 5.60 Å². The van der Waals surface area contributed by atoms with E-state index in [1.54, 1.807) is 0 Å². The first-order valence-electron chi connectivity index (χ1n) is 17.7. The van der Waals surface area contributed by atoms with Crippen LogP contribution in [-0.2, 0) is 53.1 Å². The van der Waals surface area contributed by atoms with Crippen molar-refractivity contribution in [3.8, 4) is 0 Å². The van der Waals surface area contributed by atoms with E-state index in [9.17, 15) is 9.59 Å². The molecule has 0 amide bonds. The van der Waals surface area contributed by atoms with Gasteiger partial charge in [0, 0.05) is 13.8 Å². The smallest absolute Gasteiger partial charge is 0.323 e. The molecule has 1 saturated carbocycles. The van der Waals surface area contributed by atoms with E-state index in [4.69, 9.17) is 23.7 Å². The van der Waals surface area contributed by atoms with Crippen molar-refractivity contribution in [2.24, 2.45) is 0 Å². The fourth-order valence-electron chi connectivity index (χ4n) is 6.11. The van der Waals surface area contributed by atoms with E-state index in [0.717, 1.165) is 16.7 Å². The van der Waals surface area contributed by atoms with Gasteiger partial charge in [-0.25, -0.2) is 0 Å². The maximum atomic E-state index is 13.2. The highest BCUT2D eigenvalue weighted by atomic mass is 16.6. The van der Waals surface area contributed by atoms with E-state index in [0.29, 0.717) is 13.2 Å². The van der Waals surface area contributed by atoms with E-state index >= 15 is 0 Å². The molecule has 276 valence electrons. The normalized spacial score (nSPS) is 22.3. The average molecular weight is 703 g/mol. The summed E-state index contributed by atoms with van der Waals surface area (Å²) in [7, 11) is 1.86. The Bertz CT molecular complexity index is 1470. The van der Waals surface area contributed by atoms with Crippen molar-refractivity contribution >= 4 is 11.9 Å². The molecule has 0 bridgehead atoms. The number of hydrogen-bond donors (Lipinski definition) is 3. The van der Waals surface area contributed by atoms with Crippen LogP contribution in [0.1, 0.15) is 58.2 Å². The maximum Gasteiger partial charge on any atom is 0.323 e. The van der Waals surface area contributed by atoms with Gasteiger partial charge in [0.15, 0.2) is 0 Å². The van der Waals surface area contributed by atoms with Gasteiger partial charge in [-0.15, -0.1) is 0 Å². The maximum absolute atomic E-state index is 13.2. The fraction of sp³-hybridized carbons (Fsp3) is 0.488. The molecule has 3 aromatic carbocycles. The lowest BCUT2D eigenvalue weighted by Crippen LogP contribution is -2.75. The summed E-state index contributed by atoms with van der Waals surface area (Å²) in [5.74, 6) is -0.816. The number of carbonyl (C=O) groups is 2. The van der Waals surface area contributed by atoms with Gasteiger partial charge < -0.3 is 29.0 Å². The molecule has 0 saturated heterocycles. The lowest BCUT2D eigenvalue weighted by molar-refractivity contribution is -0.169. The minimum Gasteiger partial charge on any atom is -0.459 e. The summed E-state index contributed by atoms with van der Waals surface area (Å²) in [6.07, 6.45) is 0.107. The molecule has 51 heavy (non-hydrogen) atoms. The molecule has 6 atom stereocenters. The molecule has 1 fully saturated rings. The molecule has 0 aliphatic heterocycles. The molecule has 10 nitrogen and oxygen atoms in total. The molecule has 4 rings (SSSR count). The van der Waals surface area contributed by atoms with E-state index in [-0.39, 0.29) is 19.7 Å². The van der Waals surface area contributed by atoms with Crippen molar-refractivity contribution < 1.29 is 33.3 Å². The van der Waals surface area contributed by atoms with E-state index < -0.39 is 59.6 Å². The van der Waals surface area contributed by atoms with Crippen LogP contribution in [0.4, 0.5) is 0 Å². The largest absolute Gasteiger partial charge is 0.459 e. The summed E-state index contributed by atoms with van der Waals surface area (Å²) < 4.78 is 31.8. The minimum atomic E-state index is -0.737. The zero-order valence-corrected chi connectivity index (χ0v) is 31.1. The lowest BCUT2D eigenvalue weighted by Gasteiger charge is -2.51. The number of ether oxygens (including phenoxy) is 5. The second kappa shape index (κ2) is 19.2. The SMILES string of the molecule is C[CH+]C(C)(C)OC(=O)CNC1C(OCc2ccccc2)C(NC)C(OCc2ccccc2)C(NCC(=O)OC(C)(C)C)C1OCc1ccccc1. The Morgan fingerprint density at radius 3 is 1.27 bits per heavy atom. The third-order valence-electron chi connectivity index (χ3n) is 8.77. The molecule has 3 aromatic rings. The first kappa shape index (κ1) is 40.0. The first-order chi connectivity index (χ1) is 24.4. The van der Waals surface area contributed by atoms with Crippen LogP contribution in [0.3, 0.4) is 0 Å². The topological polar surface area (TPSA) is 116 Å². The summed E-state index contributed by atoms with van der Waals surface area (Å²) >= 11 is 0. The number of likely N-dealkylation sites (N-methyl/N-ethyl adjacent to an activating group) is 1. The third kappa shape index (κ3) is 12.7. The number of hydrogen-bond acceptors (Lipinski definition) is 10. The zero-order chi connectivity index (χ0) is 36.9. The van der Waals surface area contributed by atoms with Crippen LogP contribution in [0.25, 0.3) is 0 Å². The van der Waals surface area contributed by atoms with Gasteiger partial charge in [0.05, 0.1) is 76.3 Å². The molecule has 3 N–H and O–H groups in total. The molecule has 0 heterocycles. The summed E-state index contributed by atoms with van der Waals surface area (Å²) in [6.45, 7) is 11.8. The highest BCUT2D eigenvalue weighted by molar-refractivity contribution is 5.72. The van der Waals surface area contributed by atoms with Gasteiger partial charge >= 0.3 is 11.9 Å². The lowest BCUT2D eigenvalue weighted by atomic mass is 9.79. The molecular weight excluding hydrogens is 646 g/mol. The second-order valence-electron chi connectivity index (χ2n) is 14.4. The highest BCUT2D eigenvalue weighted by Crippen LogP contribution is 2.31. The van der Waals surface area contributed by atoms with Crippen molar-refractivity contribution in [1.82, 2.24) is 16.0 Å². The summed E-state index contributed by atoms with van der Waals surface area (Å²) in [5.41, 5.74) is 1.58. The average Bonchev–Trinajstić information content (AvgIpc) is 3.11. The van der Waals surface area contributed by atoms with Gasteiger partial charge in [-0.2, -0.15) is 0 Å². The Hall–Kier alpha value is -3.77. The van der Waals surface area contributed by atoms with Crippen LogP contribution in [0.2, 0.25) is 0 Å². The molecule has 10 heteroatoms. The Balaban J connectivity index is 1.75. The van der Waals surface area contributed by atoms with Crippen molar-refractivity contribution in [3.63, 3.8) is 0 Å². The van der Waals surface area contributed by atoms with Crippen LogP contribution in [0.15, 0.2) is 91.0 Å². The summed E-state index contributed by atoms with van der Waals surface area (Å²) in [4.78, 5) is 26.4. The Labute approximate surface area is 303 Å². The number of nitrogens with one attached hydrogen (secondary N) is 3. The first-order valence-corrected chi connectivity index (χ1v) is 17.7. The zero-order valence-electron chi connectivity index (χ0n) is 31.1. The molecular formula is C41H56N3O7+. The summed E-state index contributed by atoms with van der Waals surface area (Å²) in [6, 6.07) is 28.3. The molecule has 1 aliphatic rings. The molecule has 0 spiro atoms. The highest BCUT2D eigenvalue weighted by Gasteiger charge is 2.52. The van der Waals surface area contributed by atoms with Gasteiger partial charge in [0.25, 0.3) is 0 Å². The van der Waals surface area contributed by atoms with Crippen LogP contribution in [-0.4, -0.2) is 79.7 Å². The van der Waals surface area contributed by atoms with Gasteiger partial charge in [-0.1, -0.05) is 91.0 Å². The van der Waals surface area contributed by atoms with Crippen LogP contribution in [0.5, 0.6) is 0 Å². The van der Waals surface area contributed by atoms with E-state index in [2.05, 4.69) is 16.0 Å². The molecule has 0 radical (unpaired) electrons. The van der Waals surface area contributed by atoms with E-state index in [1.165, 1.54) is 0 Å². The van der Waals surface area contributed by atoms with Crippen molar-refractivity contribution in [3.05, 3.63) is 114 Å². The predicted molar refractivity (Wildman–Crippen MR) is 197 cm³/mol. The number of esters is 2. The van der Waals surface area contributed by atoms with E-state index in [1.807, 2.05) is 146 Å². The second-order valence-corrected chi connectivity index (χ2v) is 14.4. The predicted octanol–water partition coefficient (Wildman–Crippen LogP) is 5.15. The Morgan fingerprint density at radius 1 is 0.588 bits per heavy atom. The molecule has 1 aliphatic carbocycles. The van der Waals surface area contributed by atoms with Crippen molar-refractivity contribution in [1.29, 1.82) is 0 Å². The number of benzene rings is 3. The standard InChI is InChI=1S/C41H56N3O7/c1-8-41(5,6)51-33(46)25-44-36-38(48-27-30-20-14-10-15-21-30)34(42-7)37(47-26-29-18-12-9-13-19-29)35(43-24-32(45)50-40(2,3)4)39(36)49-28-31-22-16-11-17-23-31/h8-23,34-39,42-44H,24-28H2,1-7H3/q+1. The number of rotatable bonds is 18. The van der Waals surface area contributed by atoms with Crippen LogP contribution in [0, 0.1) is 6.42 Å². The molecule has 6 unspecified atom stereocenters. The van der Waals surface area contributed by atoms with Gasteiger partial charge in [-0.05, 0) is 44.5 Å². The summed E-state index contributed by atoms with van der Waals surface area (Å²) in [5, 5.41) is 10.4. The van der Waals surface area contributed by atoms with Crippen LogP contribution < -0.4 is 16.0 Å². The monoisotopic (exact) mass is 702 g/mol. The fourth-order valence-corrected chi connectivity index (χ4v) is 6.11. The van der Waals surface area contributed by atoms with Crippen molar-refractivity contribution in [2.45, 2.75) is 109 Å². The van der Waals surface area contributed by atoms with Crippen molar-refractivity contribution in [2.75, 3.05) is 20.1 Å². The van der Waals surface area contributed by atoms with Gasteiger partial charge in [-0.3, -0.25) is 20.2 Å². The third-order valence-corrected chi connectivity index (χ3v) is 8.77. The van der Waals surface area contributed by atoms with Crippen LogP contribution >= 0.6 is 0 Å². The Kier molecular flexibility index (Phi) is 15.0. The quantitative estimate of drug-likeness (QED) is 0.122. The Morgan fingerprint density at radius 2 is 0.941 bits per heavy atom. The molecule has 0 aromatic heterocycles. The minimum absolute atomic E-state index is 0.0837.